The zero-order valence-corrected chi connectivity index (χ0v) is 18.2. The minimum absolute atomic E-state index is 0.0156. The predicted octanol–water partition coefficient (Wildman–Crippen LogP) is 6.15. The van der Waals surface area contributed by atoms with E-state index in [0.717, 1.165) is 24.3 Å². The predicted molar refractivity (Wildman–Crippen MR) is 120 cm³/mol. The lowest BCUT2D eigenvalue weighted by atomic mass is 9.89. The summed E-state index contributed by atoms with van der Waals surface area (Å²) in [6.45, 7) is 0.786. The number of rotatable bonds is 4. The maximum atomic E-state index is 15.4. The quantitative estimate of drug-likeness (QED) is 0.340. The molecule has 180 valence electrons. The minimum Gasteiger partial charge on any atom is -0.504 e. The highest BCUT2D eigenvalue weighted by molar-refractivity contribution is 6.04. The van der Waals surface area contributed by atoms with Gasteiger partial charge in [0.05, 0.1) is 16.5 Å². The zero-order chi connectivity index (χ0) is 24.9. The van der Waals surface area contributed by atoms with Crippen molar-refractivity contribution in [3.63, 3.8) is 0 Å². The number of fused-ring (bicyclic) bond motifs is 1. The van der Waals surface area contributed by atoms with Gasteiger partial charge in [0.1, 0.15) is 5.82 Å². The van der Waals surface area contributed by atoms with Crippen molar-refractivity contribution in [2.45, 2.75) is 18.8 Å². The van der Waals surface area contributed by atoms with Gasteiger partial charge in [-0.25, -0.2) is 22.4 Å². The van der Waals surface area contributed by atoms with Gasteiger partial charge in [-0.3, -0.25) is 0 Å². The molecule has 1 aliphatic rings. The molecule has 0 aliphatic carbocycles. The summed E-state index contributed by atoms with van der Waals surface area (Å²) in [5.41, 5.74) is 0.742. The van der Waals surface area contributed by atoms with Crippen LogP contribution in [0.4, 0.5) is 17.6 Å². The molecule has 5 nitrogen and oxygen atoms in total. The Morgan fingerprint density at radius 1 is 0.886 bits per heavy atom. The van der Waals surface area contributed by atoms with Gasteiger partial charge < -0.3 is 19.5 Å². The van der Waals surface area contributed by atoms with Gasteiger partial charge in [0, 0.05) is 47.7 Å². The van der Waals surface area contributed by atoms with Crippen molar-refractivity contribution in [1.82, 2.24) is 4.57 Å². The van der Waals surface area contributed by atoms with Gasteiger partial charge in [-0.2, -0.15) is 0 Å². The zero-order valence-electron chi connectivity index (χ0n) is 18.2. The second kappa shape index (κ2) is 8.74. The standard InChI is InChI=1S/C26H19F4NO4/c27-17-4-2-15(12-20(17)30)31-21-6-5-18(28)25(32)23(21)22(24(31)13-7-9-35-10-8-13)16-3-1-14(26(33)34)11-19(16)29/h1-6,11-13,32H,7-10H2,(H,33,34). The molecule has 0 radical (unpaired) electrons. The minimum atomic E-state index is -1.32. The number of aromatic carboxylic acids is 1. The van der Waals surface area contributed by atoms with Crippen molar-refractivity contribution in [2.75, 3.05) is 13.2 Å². The van der Waals surface area contributed by atoms with Crippen LogP contribution in [0.1, 0.15) is 34.8 Å². The van der Waals surface area contributed by atoms with Crippen LogP contribution < -0.4 is 0 Å². The van der Waals surface area contributed by atoms with Crippen LogP contribution in [0.25, 0.3) is 27.7 Å². The maximum Gasteiger partial charge on any atom is 0.335 e. The third-order valence-corrected chi connectivity index (χ3v) is 6.35. The Morgan fingerprint density at radius 2 is 1.60 bits per heavy atom. The molecule has 0 amide bonds. The number of phenolic OH excluding ortho intramolecular Hbond substituents is 1. The topological polar surface area (TPSA) is 71.7 Å². The second-order valence-electron chi connectivity index (χ2n) is 8.37. The van der Waals surface area contributed by atoms with Crippen LogP contribution in [0, 0.1) is 23.3 Å². The normalized spacial score (nSPS) is 14.5. The maximum absolute atomic E-state index is 15.4. The van der Waals surface area contributed by atoms with Crippen LogP contribution in [0.15, 0.2) is 48.5 Å². The molecule has 35 heavy (non-hydrogen) atoms. The molecule has 0 atom stereocenters. The summed E-state index contributed by atoms with van der Waals surface area (Å²) >= 11 is 0. The summed E-state index contributed by atoms with van der Waals surface area (Å²) in [6.07, 6.45) is 1.01. The largest absolute Gasteiger partial charge is 0.504 e. The van der Waals surface area contributed by atoms with E-state index in [9.17, 15) is 28.2 Å². The van der Waals surface area contributed by atoms with Crippen molar-refractivity contribution in [1.29, 1.82) is 0 Å². The summed E-state index contributed by atoms with van der Waals surface area (Å²) in [4.78, 5) is 11.3. The van der Waals surface area contributed by atoms with Crippen LogP contribution in [0.2, 0.25) is 0 Å². The average Bonchev–Trinajstić information content (AvgIpc) is 3.19. The number of carbonyl (C=O) groups is 1. The average molecular weight is 485 g/mol. The van der Waals surface area contributed by atoms with Gasteiger partial charge in [-0.05, 0) is 49.2 Å². The van der Waals surface area contributed by atoms with E-state index in [1.54, 1.807) is 4.57 Å². The van der Waals surface area contributed by atoms with E-state index in [-0.39, 0.29) is 39.2 Å². The number of hydrogen-bond donors (Lipinski definition) is 2. The highest BCUT2D eigenvalue weighted by Crippen LogP contribution is 2.47. The van der Waals surface area contributed by atoms with Crippen LogP contribution >= 0.6 is 0 Å². The van der Waals surface area contributed by atoms with Gasteiger partial charge in [0.15, 0.2) is 23.2 Å². The molecule has 9 heteroatoms. The van der Waals surface area contributed by atoms with E-state index in [0.29, 0.717) is 31.7 Å². The number of halogens is 4. The number of aromatic nitrogens is 1. The molecular formula is C26H19F4NO4. The molecule has 0 spiro atoms. The number of carboxylic acids is 1. The van der Waals surface area contributed by atoms with E-state index in [1.165, 1.54) is 24.3 Å². The number of ether oxygens (including phenoxy) is 1. The molecule has 2 heterocycles. The Labute approximate surface area is 196 Å². The lowest BCUT2D eigenvalue weighted by Gasteiger charge is -2.26. The van der Waals surface area contributed by atoms with Crippen molar-refractivity contribution in [3.8, 4) is 22.6 Å². The summed E-state index contributed by atoms with van der Waals surface area (Å²) in [5, 5.41) is 20.0. The smallest absolute Gasteiger partial charge is 0.335 e. The summed E-state index contributed by atoms with van der Waals surface area (Å²) in [5.74, 6) is -6.30. The van der Waals surface area contributed by atoms with Crippen molar-refractivity contribution in [3.05, 3.63) is 83.1 Å². The highest BCUT2D eigenvalue weighted by atomic mass is 19.2. The summed E-state index contributed by atoms with van der Waals surface area (Å²) in [6, 6.07) is 9.01. The molecule has 1 fully saturated rings. The van der Waals surface area contributed by atoms with Crippen LogP contribution in [0.3, 0.4) is 0 Å². The first kappa shape index (κ1) is 22.9. The summed E-state index contributed by atoms with van der Waals surface area (Å²) < 4.78 is 64.9. The molecule has 0 saturated carbocycles. The Balaban J connectivity index is 1.92. The Bertz CT molecular complexity index is 1470. The van der Waals surface area contributed by atoms with Crippen LogP contribution in [0.5, 0.6) is 5.75 Å². The molecule has 1 saturated heterocycles. The Morgan fingerprint density at radius 3 is 2.26 bits per heavy atom. The summed E-state index contributed by atoms with van der Waals surface area (Å²) in [7, 11) is 0. The third-order valence-electron chi connectivity index (χ3n) is 6.35. The number of nitrogens with zero attached hydrogens (tertiary/aromatic N) is 1. The van der Waals surface area contributed by atoms with Gasteiger partial charge >= 0.3 is 5.97 Å². The third kappa shape index (κ3) is 3.81. The lowest BCUT2D eigenvalue weighted by Crippen LogP contribution is -2.17. The van der Waals surface area contributed by atoms with Crippen molar-refractivity contribution < 1.29 is 37.3 Å². The molecule has 0 unspecified atom stereocenters. The highest BCUT2D eigenvalue weighted by Gasteiger charge is 2.31. The van der Waals surface area contributed by atoms with E-state index in [4.69, 9.17) is 4.74 Å². The van der Waals surface area contributed by atoms with Crippen LogP contribution in [-0.2, 0) is 4.74 Å². The SMILES string of the molecule is O=C(O)c1ccc(-c2c(C3CCOCC3)n(-c3ccc(F)c(F)c3)c3ccc(F)c(O)c23)c(F)c1. The first-order chi connectivity index (χ1) is 16.8. The van der Waals surface area contributed by atoms with Gasteiger partial charge in [-0.1, -0.05) is 6.07 Å². The lowest BCUT2D eigenvalue weighted by molar-refractivity contribution is 0.0696. The monoisotopic (exact) mass is 485 g/mol. The molecule has 5 rings (SSSR count). The van der Waals surface area contributed by atoms with Crippen molar-refractivity contribution in [2.24, 2.45) is 0 Å². The van der Waals surface area contributed by atoms with Gasteiger partial charge in [-0.15, -0.1) is 0 Å². The Hall–Kier alpha value is -3.85. The molecule has 4 aromatic rings. The van der Waals surface area contributed by atoms with E-state index < -0.39 is 35.0 Å². The van der Waals surface area contributed by atoms with E-state index in [1.807, 2.05) is 0 Å². The molecular weight excluding hydrogens is 466 g/mol. The second-order valence-corrected chi connectivity index (χ2v) is 8.37. The van der Waals surface area contributed by atoms with E-state index >= 15 is 4.39 Å². The molecule has 1 aliphatic heterocycles. The number of aromatic hydroxyl groups is 1. The molecule has 0 bridgehead atoms. The first-order valence-electron chi connectivity index (χ1n) is 10.9. The van der Waals surface area contributed by atoms with Crippen molar-refractivity contribution >= 4 is 16.9 Å². The molecule has 3 aromatic carbocycles. The first-order valence-corrected chi connectivity index (χ1v) is 10.9. The fourth-order valence-electron chi connectivity index (χ4n) is 4.74. The number of carboxylic acid groups (broad SMARTS) is 1. The number of phenols is 1. The van der Waals surface area contributed by atoms with Crippen LogP contribution in [-0.4, -0.2) is 34.0 Å². The number of benzene rings is 3. The molecule has 1 aromatic heterocycles. The number of hydrogen-bond acceptors (Lipinski definition) is 3. The van der Waals surface area contributed by atoms with Gasteiger partial charge in [0.25, 0.3) is 0 Å². The Kier molecular flexibility index (Phi) is 5.72. The molecule has 2 N–H and O–H groups in total. The van der Waals surface area contributed by atoms with E-state index in [2.05, 4.69) is 0 Å². The fraction of sp³-hybridized carbons (Fsp3) is 0.192. The van der Waals surface area contributed by atoms with Gasteiger partial charge in [0.2, 0.25) is 0 Å². The fourth-order valence-corrected chi connectivity index (χ4v) is 4.74.